The van der Waals surface area contributed by atoms with Gasteiger partial charge in [-0.1, -0.05) is 39.0 Å². The summed E-state index contributed by atoms with van der Waals surface area (Å²) < 4.78 is 6.72. The standard InChI is InChI=1S/C20H24N4O4/c1-11-14(19(25)28-6)15(12-9-7-8-10-13(12)24(26)27)16-17(20(2,3)4)22-23(5)18(16)21-11/h7-10,14-15H,1-6H3. The van der Waals surface area contributed by atoms with Gasteiger partial charge in [-0.2, -0.15) is 5.10 Å². The van der Waals surface area contributed by atoms with Gasteiger partial charge in [0.1, 0.15) is 5.92 Å². The predicted molar refractivity (Wildman–Crippen MR) is 105 cm³/mol. The number of benzene rings is 1. The topological polar surface area (TPSA) is 99.6 Å². The predicted octanol–water partition coefficient (Wildman–Crippen LogP) is 3.65. The first-order chi connectivity index (χ1) is 13.1. The molecular weight excluding hydrogens is 360 g/mol. The van der Waals surface area contributed by atoms with Gasteiger partial charge in [0, 0.05) is 41.3 Å². The summed E-state index contributed by atoms with van der Waals surface area (Å²) in [4.78, 5) is 28.7. The lowest BCUT2D eigenvalue weighted by molar-refractivity contribution is -0.385. The third-order valence-corrected chi connectivity index (χ3v) is 5.06. The molecule has 8 heteroatoms. The molecule has 28 heavy (non-hydrogen) atoms. The number of methoxy groups -OCH3 is 1. The maximum atomic E-state index is 12.7. The number of rotatable bonds is 3. The van der Waals surface area contributed by atoms with Crippen molar-refractivity contribution < 1.29 is 14.5 Å². The Bertz CT molecular complexity index is 985. The van der Waals surface area contributed by atoms with Gasteiger partial charge < -0.3 is 4.74 Å². The van der Waals surface area contributed by atoms with E-state index in [4.69, 9.17) is 4.74 Å². The fraction of sp³-hybridized carbons (Fsp3) is 0.450. The minimum absolute atomic E-state index is 0.0363. The summed E-state index contributed by atoms with van der Waals surface area (Å²) in [6, 6.07) is 6.51. The highest BCUT2D eigenvalue weighted by atomic mass is 16.6. The summed E-state index contributed by atoms with van der Waals surface area (Å²) >= 11 is 0. The molecule has 8 nitrogen and oxygen atoms in total. The molecule has 0 N–H and O–H groups in total. The van der Waals surface area contributed by atoms with E-state index in [0.717, 1.165) is 11.3 Å². The van der Waals surface area contributed by atoms with Crippen molar-refractivity contribution in [1.82, 2.24) is 9.78 Å². The SMILES string of the molecule is COC(=O)C1C(C)=Nc2c(c(C(C)(C)C)nn2C)C1c1ccccc1[N+](=O)[O-]. The van der Waals surface area contributed by atoms with E-state index in [1.807, 2.05) is 20.8 Å². The zero-order valence-corrected chi connectivity index (χ0v) is 16.9. The highest BCUT2D eigenvalue weighted by Crippen LogP contribution is 2.48. The largest absolute Gasteiger partial charge is 0.468 e. The highest BCUT2D eigenvalue weighted by molar-refractivity contribution is 6.05. The summed E-state index contributed by atoms with van der Waals surface area (Å²) in [7, 11) is 3.11. The van der Waals surface area contributed by atoms with Crippen molar-refractivity contribution in [3.63, 3.8) is 0 Å². The van der Waals surface area contributed by atoms with Crippen LogP contribution < -0.4 is 0 Å². The molecule has 148 valence electrons. The van der Waals surface area contributed by atoms with Gasteiger partial charge in [0.05, 0.1) is 17.7 Å². The molecule has 0 bridgehead atoms. The summed E-state index contributed by atoms with van der Waals surface area (Å²) in [6.45, 7) is 7.80. The minimum Gasteiger partial charge on any atom is -0.468 e. The Balaban J connectivity index is 2.40. The van der Waals surface area contributed by atoms with Crippen molar-refractivity contribution in [2.75, 3.05) is 7.11 Å². The third kappa shape index (κ3) is 3.08. The molecule has 0 fully saturated rings. The number of carbonyl (C=O) groups is 1. The summed E-state index contributed by atoms with van der Waals surface area (Å²) in [5, 5.41) is 16.4. The second kappa shape index (κ2) is 6.85. The molecule has 0 saturated carbocycles. The number of nitro groups is 1. The Morgan fingerprint density at radius 1 is 1.29 bits per heavy atom. The smallest absolute Gasteiger partial charge is 0.315 e. The molecule has 0 amide bonds. The number of aryl methyl sites for hydroxylation is 1. The van der Waals surface area contributed by atoms with E-state index in [1.54, 1.807) is 36.9 Å². The van der Waals surface area contributed by atoms with E-state index < -0.39 is 22.7 Å². The molecule has 0 radical (unpaired) electrons. The van der Waals surface area contributed by atoms with Crippen LogP contribution in [0.5, 0.6) is 0 Å². The van der Waals surface area contributed by atoms with Crippen LogP contribution in [-0.4, -0.2) is 33.5 Å². The van der Waals surface area contributed by atoms with Crippen molar-refractivity contribution in [2.45, 2.75) is 39.0 Å². The lowest BCUT2D eigenvalue weighted by Gasteiger charge is -2.31. The van der Waals surface area contributed by atoms with Crippen LogP contribution in [0.4, 0.5) is 11.5 Å². The van der Waals surface area contributed by atoms with Crippen LogP contribution in [0.2, 0.25) is 0 Å². The van der Waals surface area contributed by atoms with Crippen molar-refractivity contribution in [3.05, 3.63) is 51.2 Å². The molecule has 1 aromatic heterocycles. The molecule has 1 aliphatic heterocycles. The highest BCUT2D eigenvalue weighted by Gasteiger charge is 2.45. The lowest BCUT2D eigenvalue weighted by Crippen LogP contribution is -2.34. The molecule has 0 spiro atoms. The number of ether oxygens (including phenoxy) is 1. The Morgan fingerprint density at radius 2 is 1.93 bits per heavy atom. The quantitative estimate of drug-likeness (QED) is 0.457. The average Bonchev–Trinajstić information content (AvgIpc) is 2.96. The fourth-order valence-electron chi connectivity index (χ4n) is 3.83. The van der Waals surface area contributed by atoms with Crippen LogP contribution in [0.3, 0.4) is 0 Å². The van der Waals surface area contributed by atoms with E-state index in [2.05, 4.69) is 10.1 Å². The number of aromatic nitrogens is 2. The summed E-state index contributed by atoms with van der Waals surface area (Å²) in [5.74, 6) is -1.22. The average molecular weight is 384 g/mol. The lowest BCUT2D eigenvalue weighted by atomic mass is 9.73. The van der Waals surface area contributed by atoms with Crippen LogP contribution >= 0.6 is 0 Å². The number of para-hydroxylation sites is 1. The van der Waals surface area contributed by atoms with Crippen molar-refractivity contribution in [1.29, 1.82) is 0 Å². The number of esters is 1. The Kier molecular flexibility index (Phi) is 4.82. The zero-order valence-electron chi connectivity index (χ0n) is 16.9. The van der Waals surface area contributed by atoms with Gasteiger partial charge in [0.2, 0.25) is 0 Å². The maximum Gasteiger partial charge on any atom is 0.315 e. The van der Waals surface area contributed by atoms with Gasteiger partial charge in [0.15, 0.2) is 5.82 Å². The van der Waals surface area contributed by atoms with Crippen LogP contribution in [0, 0.1) is 16.0 Å². The summed E-state index contributed by atoms with van der Waals surface area (Å²) in [5.41, 5.74) is 2.13. The van der Waals surface area contributed by atoms with Gasteiger partial charge >= 0.3 is 5.97 Å². The first-order valence-corrected chi connectivity index (χ1v) is 9.01. The molecular formula is C20H24N4O4. The maximum absolute atomic E-state index is 12.7. The number of aliphatic imine (C=N–C) groups is 1. The van der Waals surface area contributed by atoms with Crippen molar-refractivity contribution in [2.24, 2.45) is 18.0 Å². The van der Waals surface area contributed by atoms with Crippen LogP contribution in [0.15, 0.2) is 29.3 Å². The van der Waals surface area contributed by atoms with Crippen molar-refractivity contribution in [3.8, 4) is 0 Å². The Hall–Kier alpha value is -3.03. The van der Waals surface area contributed by atoms with Crippen LogP contribution in [0.25, 0.3) is 0 Å². The molecule has 2 aromatic rings. The number of nitrogens with zero attached hydrogens (tertiary/aromatic N) is 4. The molecule has 1 aromatic carbocycles. The minimum atomic E-state index is -0.760. The third-order valence-electron chi connectivity index (χ3n) is 5.06. The number of hydrogen-bond acceptors (Lipinski definition) is 6. The number of hydrogen-bond donors (Lipinski definition) is 0. The van der Waals surface area contributed by atoms with Crippen molar-refractivity contribution >= 4 is 23.2 Å². The molecule has 0 saturated heterocycles. The number of carbonyl (C=O) groups excluding carboxylic acids is 1. The van der Waals surface area contributed by atoms with E-state index in [-0.39, 0.29) is 11.1 Å². The Labute approximate surface area is 163 Å². The molecule has 1 aliphatic rings. The fourth-order valence-corrected chi connectivity index (χ4v) is 3.83. The second-order valence-corrected chi connectivity index (χ2v) is 8.01. The van der Waals surface area contributed by atoms with E-state index in [9.17, 15) is 14.9 Å². The molecule has 2 unspecified atom stereocenters. The molecule has 2 atom stereocenters. The molecule has 2 heterocycles. The van der Waals surface area contributed by atoms with Gasteiger partial charge in [-0.05, 0) is 6.92 Å². The first kappa shape index (κ1) is 19.7. The molecule has 3 rings (SSSR count). The van der Waals surface area contributed by atoms with Crippen LogP contribution in [0.1, 0.15) is 50.4 Å². The Morgan fingerprint density at radius 3 is 2.50 bits per heavy atom. The van der Waals surface area contributed by atoms with E-state index >= 15 is 0 Å². The second-order valence-electron chi connectivity index (χ2n) is 8.01. The van der Waals surface area contributed by atoms with Crippen LogP contribution in [-0.2, 0) is 22.0 Å². The normalized spacial score (nSPS) is 19.0. The van der Waals surface area contributed by atoms with Gasteiger partial charge in [-0.3, -0.25) is 19.6 Å². The van der Waals surface area contributed by atoms with Gasteiger partial charge in [0.25, 0.3) is 5.69 Å². The zero-order chi connectivity index (χ0) is 20.8. The van der Waals surface area contributed by atoms with E-state index in [1.165, 1.54) is 13.2 Å². The van der Waals surface area contributed by atoms with Gasteiger partial charge in [-0.25, -0.2) is 4.99 Å². The monoisotopic (exact) mass is 384 g/mol. The number of fused-ring (bicyclic) bond motifs is 1. The molecule has 0 aliphatic carbocycles. The van der Waals surface area contributed by atoms with Gasteiger partial charge in [-0.15, -0.1) is 0 Å². The summed E-state index contributed by atoms with van der Waals surface area (Å²) in [6.07, 6.45) is 0. The first-order valence-electron chi connectivity index (χ1n) is 9.01. The van der Waals surface area contributed by atoms with E-state index in [0.29, 0.717) is 17.1 Å². The number of nitro benzene ring substituents is 1.